The number of likely N-dealkylation sites (N-methyl/N-ethyl adjacent to an activating group) is 2. The van der Waals surface area contributed by atoms with Crippen molar-refractivity contribution < 1.29 is 57.0 Å². The molecular weight excluding hydrogens is 860 g/mol. The molecule has 0 unspecified atom stereocenters. The molecule has 1 saturated heterocycles. The number of ketones is 1. The Bertz CT molecular complexity index is 1980. The van der Waals surface area contributed by atoms with Gasteiger partial charge in [-0.3, -0.25) is 39.0 Å². The number of hydrogen-bond donors (Lipinski definition) is 2. The number of carbonyl (C=O) groups excluding carboxylic acids is 6. The molecule has 2 aromatic carbocycles. The van der Waals surface area contributed by atoms with Crippen molar-refractivity contribution in [3.05, 3.63) is 70.0 Å². The van der Waals surface area contributed by atoms with E-state index in [1.807, 2.05) is 46.4 Å². The van der Waals surface area contributed by atoms with Crippen LogP contribution in [0.15, 0.2) is 48.5 Å². The molecule has 10 atom stereocenters. The topological polar surface area (TPSA) is 216 Å². The van der Waals surface area contributed by atoms with E-state index >= 15 is 0 Å². The van der Waals surface area contributed by atoms with Gasteiger partial charge in [-0.1, -0.05) is 54.9 Å². The van der Waals surface area contributed by atoms with Crippen LogP contribution >= 0.6 is 0 Å². The molecular formula is C47H69FN6O12. The van der Waals surface area contributed by atoms with Crippen LogP contribution in [0.3, 0.4) is 0 Å². The zero-order valence-electron chi connectivity index (χ0n) is 40.4. The van der Waals surface area contributed by atoms with E-state index in [-0.39, 0.29) is 66.0 Å². The summed E-state index contributed by atoms with van der Waals surface area (Å²) in [6.07, 6.45) is -3.66. The van der Waals surface area contributed by atoms with E-state index in [1.165, 1.54) is 50.3 Å². The highest BCUT2D eigenvalue weighted by atomic mass is 19.1. The Hall–Kier alpha value is -5.53. The van der Waals surface area contributed by atoms with Gasteiger partial charge in [0, 0.05) is 45.4 Å². The molecule has 0 aliphatic carbocycles. The second-order valence-electron chi connectivity index (χ2n) is 18.0. The van der Waals surface area contributed by atoms with Crippen molar-refractivity contribution in [3.8, 4) is 5.75 Å². The number of halogens is 1. The highest BCUT2D eigenvalue weighted by molar-refractivity contribution is 6.01. The molecule has 3 rings (SSSR count). The number of non-ortho nitro benzene ring substituents is 1. The van der Waals surface area contributed by atoms with Gasteiger partial charge in [-0.15, -0.1) is 0 Å². The van der Waals surface area contributed by atoms with Gasteiger partial charge in [0.2, 0.25) is 23.6 Å². The number of hydrogen-bond acceptors (Lipinski definition) is 13. The van der Waals surface area contributed by atoms with Gasteiger partial charge in [-0.05, 0) is 75.2 Å². The minimum absolute atomic E-state index is 0.00773. The van der Waals surface area contributed by atoms with Crippen LogP contribution in [0.25, 0.3) is 0 Å². The highest BCUT2D eigenvalue weighted by Crippen LogP contribution is 2.32. The molecule has 0 bridgehead atoms. The van der Waals surface area contributed by atoms with Crippen molar-refractivity contribution in [2.75, 3.05) is 41.9 Å². The van der Waals surface area contributed by atoms with Crippen LogP contribution in [0.1, 0.15) is 85.0 Å². The first kappa shape index (κ1) is 54.8. The smallest absolute Gasteiger partial charge is 0.429 e. The first-order chi connectivity index (χ1) is 31.0. The fourth-order valence-corrected chi connectivity index (χ4v) is 8.64. The minimum Gasteiger partial charge on any atom is -0.429 e. The van der Waals surface area contributed by atoms with E-state index in [0.717, 1.165) is 24.3 Å². The van der Waals surface area contributed by atoms with Gasteiger partial charge in [0.15, 0.2) is 5.78 Å². The third-order valence-electron chi connectivity index (χ3n) is 12.3. The molecule has 18 nitrogen and oxygen atoms in total. The second kappa shape index (κ2) is 24.8. The molecule has 0 saturated carbocycles. The molecule has 2 aromatic rings. The number of nitrogens with zero attached hydrogens (tertiary/aromatic N) is 4. The minimum atomic E-state index is -1.14. The number of rotatable bonds is 23. The van der Waals surface area contributed by atoms with Crippen molar-refractivity contribution in [2.24, 2.45) is 23.7 Å². The molecule has 0 aromatic heterocycles. The molecule has 19 heteroatoms. The summed E-state index contributed by atoms with van der Waals surface area (Å²) >= 11 is 0. The standard InChI is InChI=1S/C47H69FN6O12/c1-14-28(6)41(52(11)46(59)39(26(2)3)50-45(58)40(27(4)5)51(9)10)37(63-12)24-38(55)53-25-35(66-47(60)65-34-21-19-33(20-22-34)54(61)62)23-36(53)43(64-13)29(7)44(57)49-30(8)42(56)31-15-17-32(48)18-16-31/h15-22,26-30,35-37,39-41,43H,14,23-25H2,1-13H3,(H,49,57)(H,50,58)/t28-,29+,30-,35-,36-,37+,39-,40-,41-,43+/m0/s1. The van der Waals surface area contributed by atoms with Crippen LogP contribution < -0.4 is 15.4 Å². The lowest BCUT2D eigenvalue weighted by molar-refractivity contribution is -0.384. The van der Waals surface area contributed by atoms with E-state index in [2.05, 4.69) is 10.6 Å². The largest absolute Gasteiger partial charge is 0.514 e. The molecule has 366 valence electrons. The number of benzene rings is 2. The molecule has 2 N–H and O–H groups in total. The number of ether oxygens (including phenoxy) is 4. The molecule has 1 fully saturated rings. The van der Waals surface area contributed by atoms with Gasteiger partial charge in [0.25, 0.3) is 5.69 Å². The molecule has 4 amide bonds. The van der Waals surface area contributed by atoms with E-state index < -0.39 is 88.9 Å². The van der Waals surface area contributed by atoms with Crippen LogP contribution in [0.2, 0.25) is 0 Å². The van der Waals surface area contributed by atoms with Crippen LogP contribution in [-0.2, 0) is 33.4 Å². The third kappa shape index (κ3) is 14.2. The Morgan fingerprint density at radius 2 is 1.47 bits per heavy atom. The summed E-state index contributed by atoms with van der Waals surface area (Å²) in [5, 5.41) is 16.8. The lowest BCUT2D eigenvalue weighted by Gasteiger charge is -2.41. The highest BCUT2D eigenvalue weighted by Gasteiger charge is 2.47. The van der Waals surface area contributed by atoms with Gasteiger partial charge in [0.1, 0.15) is 23.7 Å². The molecule has 0 radical (unpaired) electrons. The fraction of sp³-hybridized carbons (Fsp3) is 0.617. The Balaban J connectivity index is 1.95. The third-order valence-corrected chi connectivity index (χ3v) is 12.3. The van der Waals surface area contributed by atoms with Crippen molar-refractivity contribution in [1.82, 2.24) is 25.3 Å². The molecule has 1 aliphatic rings. The fourth-order valence-electron chi connectivity index (χ4n) is 8.64. The number of carbonyl (C=O) groups is 6. The van der Waals surface area contributed by atoms with E-state index in [4.69, 9.17) is 18.9 Å². The van der Waals surface area contributed by atoms with Gasteiger partial charge in [-0.2, -0.15) is 0 Å². The SMILES string of the molecule is CC[C@H](C)[C@@H]([C@@H](CC(=O)N1C[C@@H](OC(=O)Oc2ccc([N+](=O)[O-])cc2)C[C@H]1[C@H](OC)[C@@H](C)C(=O)N[C@@H](C)C(=O)c1ccc(F)cc1)OC)N(C)C(=O)[C@@H](NC(=O)[C@H](C(C)C)N(C)C)C(C)C. The normalized spacial score (nSPS) is 18.7. The summed E-state index contributed by atoms with van der Waals surface area (Å²) in [4.78, 5) is 98.1. The molecule has 1 aliphatic heterocycles. The van der Waals surface area contributed by atoms with Crippen molar-refractivity contribution in [3.63, 3.8) is 0 Å². The first-order valence-electron chi connectivity index (χ1n) is 22.3. The van der Waals surface area contributed by atoms with E-state index in [9.17, 15) is 43.3 Å². The summed E-state index contributed by atoms with van der Waals surface area (Å²) in [5.74, 6) is -4.19. The lowest BCUT2D eigenvalue weighted by atomic mass is 9.89. The first-order valence-corrected chi connectivity index (χ1v) is 22.3. The van der Waals surface area contributed by atoms with Gasteiger partial charge in [0.05, 0.1) is 60.2 Å². The maximum absolute atomic E-state index is 14.7. The Kier molecular flexibility index (Phi) is 20.6. The zero-order valence-corrected chi connectivity index (χ0v) is 40.4. The summed E-state index contributed by atoms with van der Waals surface area (Å²) < 4.78 is 36.5. The summed E-state index contributed by atoms with van der Waals surface area (Å²) in [6.45, 7) is 14.4. The number of methoxy groups -OCH3 is 2. The van der Waals surface area contributed by atoms with Crippen molar-refractivity contribution in [2.45, 2.75) is 123 Å². The summed E-state index contributed by atoms with van der Waals surface area (Å²) in [7, 11) is 8.05. The predicted octanol–water partition coefficient (Wildman–Crippen LogP) is 5.26. The molecule has 66 heavy (non-hydrogen) atoms. The average Bonchev–Trinajstić information content (AvgIpc) is 3.67. The number of Topliss-reactive ketones (excluding diaryl/α,β-unsaturated/α-hetero) is 1. The van der Waals surface area contributed by atoms with Crippen LogP contribution in [0, 0.1) is 39.6 Å². The van der Waals surface area contributed by atoms with Crippen molar-refractivity contribution >= 4 is 41.3 Å². The maximum atomic E-state index is 14.7. The van der Waals surface area contributed by atoms with E-state index in [0.29, 0.717) is 6.42 Å². The van der Waals surface area contributed by atoms with Crippen LogP contribution in [0.4, 0.5) is 14.9 Å². The predicted molar refractivity (Wildman–Crippen MR) is 243 cm³/mol. The Morgan fingerprint density at radius 3 is 1.97 bits per heavy atom. The summed E-state index contributed by atoms with van der Waals surface area (Å²) in [6, 6.07) is 5.79. The van der Waals surface area contributed by atoms with Crippen molar-refractivity contribution in [1.29, 1.82) is 0 Å². The quantitative estimate of drug-likeness (QED) is 0.0479. The molecule has 1 heterocycles. The Labute approximate surface area is 387 Å². The van der Waals surface area contributed by atoms with Crippen LogP contribution in [-0.4, -0.2) is 146 Å². The zero-order chi connectivity index (χ0) is 49.7. The van der Waals surface area contributed by atoms with Gasteiger partial charge >= 0.3 is 6.16 Å². The number of likely N-dealkylation sites (tertiary alicyclic amines) is 1. The van der Waals surface area contributed by atoms with Gasteiger partial charge in [-0.25, -0.2) is 9.18 Å². The van der Waals surface area contributed by atoms with Crippen LogP contribution in [0.5, 0.6) is 5.75 Å². The van der Waals surface area contributed by atoms with Gasteiger partial charge < -0.3 is 39.4 Å². The number of amides is 4. The van der Waals surface area contributed by atoms with E-state index in [1.54, 1.807) is 33.0 Å². The number of nitro benzene ring substituents is 1. The average molecular weight is 929 g/mol. The monoisotopic (exact) mass is 928 g/mol. The number of nitrogens with one attached hydrogen (secondary N) is 2. The second-order valence-corrected chi connectivity index (χ2v) is 18.0. The lowest BCUT2D eigenvalue weighted by Crippen LogP contribution is -2.59. The Morgan fingerprint density at radius 1 is 0.864 bits per heavy atom. The number of nitro groups is 1. The maximum Gasteiger partial charge on any atom is 0.514 e. The molecule has 0 spiro atoms. The summed E-state index contributed by atoms with van der Waals surface area (Å²) in [5.41, 5.74) is -0.0223.